The summed E-state index contributed by atoms with van der Waals surface area (Å²) in [6.07, 6.45) is 3.76. The van der Waals surface area contributed by atoms with Crippen molar-refractivity contribution < 1.29 is 9.53 Å². The van der Waals surface area contributed by atoms with Crippen LogP contribution in [0.25, 0.3) is 0 Å². The van der Waals surface area contributed by atoms with Gasteiger partial charge in [0.2, 0.25) is 0 Å². The van der Waals surface area contributed by atoms with Crippen LogP contribution in [-0.4, -0.2) is 18.1 Å². The molecule has 1 atom stereocenters. The van der Waals surface area contributed by atoms with Gasteiger partial charge in [-0.25, -0.2) is 0 Å². The van der Waals surface area contributed by atoms with E-state index in [2.05, 4.69) is 5.32 Å². The van der Waals surface area contributed by atoms with Crippen molar-refractivity contribution in [2.24, 2.45) is 0 Å². The molecule has 6 heteroatoms. The summed E-state index contributed by atoms with van der Waals surface area (Å²) in [5.74, 6) is 0.217. The zero-order valence-electron chi connectivity index (χ0n) is 11.1. The molecule has 0 radical (unpaired) electrons. The smallest absolute Gasteiger partial charge is 0.260 e. The molecule has 0 aromatic heterocycles. The van der Waals surface area contributed by atoms with E-state index in [9.17, 15) is 4.79 Å². The van der Waals surface area contributed by atoms with Gasteiger partial charge in [-0.05, 0) is 25.8 Å². The van der Waals surface area contributed by atoms with Crippen molar-refractivity contribution in [3.05, 3.63) is 27.2 Å². The van der Waals surface area contributed by atoms with E-state index in [4.69, 9.17) is 39.5 Å². The molecule has 1 amide bonds. The number of nitrogens with one attached hydrogen (secondary N) is 1. The molecule has 20 heavy (non-hydrogen) atoms. The fourth-order valence-corrected chi connectivity index (χ4v) is 2.81. The van der Waals surface area contributed by atoms with E-state index in [1.54, 1.807) is 6.92 Å². The molecule has 3 nitrogen and oxygen atoms in total. The van der Waals surface area contributed by atoms with Gasteiger partial charge >= 0.3 is 0 Å². The maximum absolute atomic E-state index is 12.0. The van der Waals surface area contributed by atoms with Crippen molar-refractivity contribution in [1.29, 1.82) is 0 Å². The second kappa shape index (κ2) is 6.88. The minimum Gasteiger partial charge on any atom is -0.479 e. The third kappa shape index (κ3) is 3.94. The second-order valence-corrected chi connectivity index (χ2v) is 6.17. The molecule has 110 valence electrons. The summed E-state index contributed by atoms with van der Waals surface area (Å²) >= 11 is 17.8. The topological polar surface area (TPSA) is 38.3 Å². The standard InChI is InChI=1S/C14H16Cl3NO2/c1-8(14(19)18-9-4-2-3-5-9)20-13-7-11(16)10(15)6-12(13)17/h6-9H,2-5H2,1H3,(H,18,19). The molecule has 0 saturated heterocycles. The lowest BCUT2D eigenvalue weighted by atomic mass is 10.2. The van der Waals surface area contributed by atoms with E-state index in [-0.39, 0.29) is 11.9 Å². The largest absolute Gasteiger partial charge is 0.479 e. The van der Waals surface area contributed by atoms with E-state index < -0.39 is 6.10 Å². The van der Waals surface area contributed by atoms with Gasteiger partial charge in [-0.2, -0.15) is 0 Å². The Hall–Kier alpha value is -0.640. The first-order valence-electron chi connectivity index (χ1n) is 6.59. The molecule has 1 fully saturated rings. The van der Waals surface area contributed by atoms with Crippen LogP contribution in [0.3, 0.4) is 0 Å². The summed E-state index contributed by atoms with van der Waals surface area (Å²) in [5.41, 5.74) is 0. The van der Waals surface area contributed by atoms with Gasteiger partial charge in [-0.3, -0.25) is 4.79 Å². The van der Waals surface area contributed by atoms with Crippen molar-refractivity contribution in [2.45, 2.75) is 44.8 Å². The van der Waals surface area contributed by atoms with Gasteiger partial charge < -0.3 is 10.1 Å². The molecule has 0 heterocycles. The van der Waals surface area contributed by atoms with Crippen LogP contribution >= 0.6 is 34.8 Å². The predicted molar refractivity (Wildman–Crippen MR) is 82.0 cm³/mol. The van der Waals surface area contributed by atoms with Gasteiger partial charge in [-0.15, -0.1) is 0 Å². The van der Waals surface area contributed by atoms with Gasteiger partial charge in [0, 0.05) is 12.1 Å². The van der Waals surface area contributed by atoms with Crippen LogP contribution in [0.4, 0.5) is 0 Å². The number of rotatable bonds is 4. The van der Waals surface area contributed by atoms with Crippen molar-refractivity contribution in [3.8, 4) is 5.75 Å². The molecule has 0 bridgehead atoms. The number of hydrogen-bond donors (Lipinski definition) is 1. The minimum absolute atomic E-state index is 0.140. The first kappa shape index (κ1) is 15.7. The van der Waals surface area contributed by atoms with Gasteiger partial charge in [0.25, 0.3) is 5.91 Å². The first-order valence-corrected chi connectivity index (χ1v) is 7.72. The van der Waals surface area contributed by atoms with Gasteiger partial charge in [-0.1, -0.05) is 47.6 Å². The second-order valence-electron chi connectivity index (χ2n) is 4.95. The number of halogens is 3. The molecule has 1 saturated carbocycles. The average molecular weight is 337 g/mol. The molecule has 1 aliphatic carbocycles. The van der Waals surface area contributed by atoms with Crippen molar-refractivity contribution in [1.82, 2.24) is 5.32 Å². The summed E-state index contributed by atoms with van der Waals surface area (Å²) in [7, 11) is 0. The molecule has 1 N–H and O–H groups in total. The maximum atomic E-state index is 12.0. The third-order valence-corrected chi connectivity index (χ3v) is 4.37. The normalized spacial score (nSPS) is 17.0. The Balaban J connectivity index is 1.98. The summed E-state index contributed by atoms with van der Waals surface area (Å²) in [5, 5.41) is 4.01. The van der Waals surface area contributed by atoms with E-state index in [1.165, 1.54) is 25.0 Å². The molecular formula is C14H16Cl3NO2. The van der Waals surface area contributed by atoms with Crippen LogP contribution < -0.4 is 10.1 Å². The van der Waals surface area contributed by atoms with E-state index in [0.717, 1.165) is 12.8 Å². The predicted octanol–water partition coefficient (Wildman–Crippen LogP) is 4.47. The van der Waals surface area contributed by atoms with E-state index in [0.29, 0.717) is 20.8 Å². The Bertz CT molecular complexity index is 501. The highest BCUT2D eigenvalue weighted by Crippen LogP contribution is 2.34. The maximum Gasteiger partial charge on any atom is 0.260 e. The highest BCUT2D eigenvalue weighted by molar-refractivity contribution is 6.43. The van der Waals surface area contributed by atoms with Crippen LogP contribution in [0, 0.1) is 0 Å². The number of ether oxygens (including phenoxy) is 1. The highest BCUT2D eigenvalue weighted by atomic mass is 35.5. The summed E-state index contributed by atoms with van der Waals surface area (Å²) in [6.45, 7) is 1.68. The summed E-state index contributed by atoms with van der Waals surface area (Å²) in [4.78, 5) is 12.0. The molecule has 0 aliphatic heterocycles. The van der Waals surface area contributed by atoms with Crippen LogP contribution in [0.15, 0.2) is 12.1 Å². The van der Waals surface area contributed by atoms with Gasteiger partial charge in [0.15, 0.2) is 6.10 Å². The van der Waals surface area contributed by atoms with Gasteiger partial charge in [0.05, 0.1) is 15.1 Å². The van der Waals surface area contributed by atoms with Crippen LogP contribution in [0.1, 0.15) is 32.6 Å². The van der Waals surface area contributed by atoms with Gasteiger partial charge in [0.1, 0.15) is 5.75 Å². The fourth-order valence-electron chi connectivity index (χ4n) is 2.23. The molecule has 0 spiro atoms. The third-order valence-electron chi connectivity index (χ3n) is 3.35. The lowest BCUT2D eigenvalue weighted by Crippen LogP contribution is -2.41. The summed E-state index contributed by atoms with van der Waals surface area (Å²) < 4.78 is 5.57. The monoisotopic (exact) mass is 335 g/mol. The number of hydrogen-bond acceptors (Lipinski definition) is 2. The van der Waals surface area contributed by atoms with Crippen LogP contribution in [0.2, 0.25) is 15.1 Å². The minimum atomic E-state index is -0.634. The van der Waals surface area contributed by atoms with E-state index >= 15 is 0 Å². The Morgan fingerprint density at radius 3 is 2.45 bits per heavy atom. The average Bonchev–Trinajstić information content (AvgIpc) is 2.88. The number of benzene rings is 1. The van der Waals surface area contributed by atoms with Crippen LogP contribution in [-0.2, 0) is 4.79 Å². The number of amides is 1. The van der Waals surface area contributed by atoms with Crippen molar-refractivity contribution >= 4 is 40.7 Å². The fraction of sp³-hybridized carbons (Fsp3) is 0.500. The molecule has 1 aromatic rings. The quantitative estimate of drug-likeness (QED) is 0.824. The zero-order chi connectivity index (χ0) is 14.7. The number of carbonyl (C=O) groups is 1. The Labute approximate surface area is 133 Å². The molecular weight excluding hydrogens is 321 g/mol. The van der Waals surface area contributed by atoms with E-state index in [1.807, 2.05) is 0 Å². The Morgan fingerprint density at radius 2 is 1.80 bits per heavy atom. The highest BCUT2D eigenvalue weighted by Gasteiger charge is 2.22. The SMILES string of the molecule is CC(Oc1cc(Cl)c(Cl)cc1Cl)C(=O)NC1CCCC1. The number of carbonyl (C=O) groups excluding carboxylic acids is 1. The summed E-state index contributed by atoms with van der Waals surface area (Å²) in [6, 6.07) is 3.28. The van der Waals surface area contributed by atoms with Crippen molar-refractivity contribution in [3.63, 3.8) is 0 Å². The first-order chi connectivity index (χ1) is 9.47. The lowest BCUT2D eigenvalue weighted by Gasteiger charge is -2.18. The lowest BCUT2D eigenvalue weighted by molar-refractivity contribution is -0.127. The molecule has 1 unspecified atom stereocenters. The zero-order valence-corrected chi connectivity index (χ0v) is 13.4. The Morgan fingerprint density at radius 1 is 1.20 bits per heavy atom. The molecule has 1 aliphatic rings. The molecule has 1 aromatic carbocycles. The van der Waals surface area contributed by atoms with Crippen molar-refractivity contribution in [2.75, 3.05) is 0 Å². The van der Waals surface area contributed by atoms with Crippen LogP contribution in [0.5, 0.6) is 5.75 Å². The Kier molecular flexibility index (Phi) is 5.42. The molecule has 2 rings (SSSR count).